The van der Waals surface area contributed by atoms with Crippen LogP contribution in [0.15, 0.2) is 72.1 Å². The molecule has 0 aliphatic carbocycles. The zero-order chi connectivity index (χ0) is 25.2. The molecule has 3 aromatic rings. The fourth-order valence-electron chi connectivity index (χ4n) is 4.25. The maximum absolute atomic E-state index is 13.6. The molecule has 1 unspecified atom stereocenters. The van der Waals surface area contributed by atoms with Crippen LogP contribution in [0.5, 0.6) is 0 Å². The van der Waals surface area contributed by atoms with E-state index in [1.165, 1.54) is 5.56 Å². The third-order valence-corrected chi connectivity index (χ3v) is 7.34. The average Bonchev–Trinajstić information content (AvgIpc) is 3.56. The smallest absolute Gasteiger partial charge is 0.249 e. The van der Waals surface area contributed by atoms with Crippen molar-refractivity contribution in [1.82, 2.24) is 9.80 Å². The molecular formula is C29H34N2O4S. The van der Waals surface area contributed by atoms with Crippen molar-refractivity contribution < 1.29 is 19.1 Å². The van der Waals surface area contributed by atoms with Gasteiger partial charge in [-0.3, -0.25) is 9.59 Å². The molecule has 2 aromatic carbocycles. The summed E-state index contributed by atoms with van der Waals surface area (Å²) in [5.41, 5.74) is 3.24. The zero-order valence-corrected chi connectivity index (χ0v) is 21.6. The molecule has 0 spiro atoms. The van der Waals surface area contributed by atoms with E-state index in [1.54, 1.807) is 16.2 Å². The van der Waals surface area contributed by atoms with Crippen LogP contribution >= 0.6 is 11.3 Å². The van der Waals surface area contributed by atoms with Gasteiger partial charge in [-0.1, -0.05) is 60.7 Å². The molecule has 6 nitrogen and oxygen atoms in total. The lowest BCUT2D eigenvalue weighted by Crippen LogP contribution is -2.46. The number of nitrogens with zero attached hydrogens (tertiary/aromatic N) is 2. The van der Waals surface area contributed by atoms with E-state index < -0.39 is 0 Å². The number of hydrogen-bond acceptors (Lipinski definition) is 5. The molecule has 1 atom stereocenters. The predicted octanol–water partition coefficient (Wildman–Crippen LogP) is 4.81. The van der Waals surface area contributed by atoms with Crippen LogP contribution in [0.3, 0.4) is 0 Å². The topological polar surface area (TPSA) is 59.1 Å². The molecule has 1 saturated heterocycles. The minimum atomic E-state index is -0.193. The van der Waals surface area contributed by atoms with Crippen LogP contribution in [0.1, 0.15) is 34.4 Å². The van der Waals surface area contributed by atoms with Crippen molar-refractivity contribution in [1.29, 1.82) is 0 Å². The van der Waals surface area contributed by atoms with E-state index in [9.17, 15) is 9.59 Å². The fraction of sp³-hybridized carbons (Fsp3) is 0.379. The molecule has 2 amide bonds. The number of carbonyl (C=O) groups excluding carboxylic acids is 2. The minimum absolute atomic E-state index is 0.00461. The standard InChI is InChI=1S/C29H34N2O4S/c1-23-14-16-36-27(23)19-30(17-24-9-4-2-5-10-24)28(32)20-31(18-26-13-8-15-35-26)29(33)22-34-21-25-11-6-3-7-12-25/h2-7,9-12,14,16,26H,8,13,15,17-22H2,1H3. The monoisotopic (exact) mass is 506 g/mol. The largest absolute Gasteiger partial charge is 0.376 e. The Kier molecular flexibility index (Phi) is 9.67. The van der Waals surface area contributed by atoms with Crippen molar-refractivity contribution in [2.45, 2.75) is 45.6 Å². The summed E-state index contributed by atoms with van der Waals surface area (Å²) in [5, 5.41) is 2.05. The van der Waals surface area contributed by atoms with Crippen molar-refractivity contribution in [3.8, 4) is 0 Å². The van der Waals surface area contributed by atoms with Gasteiger partial charge in [0.15, 0.2) is 0 Å². The Morgan fingerprint density at radius 2 is 1.67 bits per heavy atom. The lowest BCUT2D eigenvalue weighted by Gasteiger charge is -2.29. The molecule has 0 saturated carbocycles. The van der Waals surface area contributed by atoms with Crippen LogP contribution < -0.4 is 0 Å². The summed E-state index contributed by atoms with van der Waals surface area (Å²) in [6.45, 7) is 4.45. The number of hydrogen-bond donors (Lipinski definition) is 0. The van der Waals surface area contributed by atoms with E-state index in [0.29, 0.717) is 32.8 Å². The molecule has 2 heterocycles. The van der Waals surface area contributed by atoms with Crippen molar-refractivity contribution in [3.05, 3.63) is 93.7 Å². The molecule has 1 aromatic heterocycles. The SMILES string of the molecule is Cc1ccsc1CN(Cc1ccccc1)C(=O)CN(CC1CCCO1)C(=O)COCc1ccccc1. The Labute approximate surface area is 217 Å². The van der Waals surface area contributed by atoms with E-state index in [-0.39, 0.29) is 31.1 Å². The number of ether oxygens (including phenoxy) is 2. The van der Waals surface area contributed by atoms with E-state index in [1.807, 2.05) is 70.9 Å². The number of amides is 2. The fourth-order valence-corrected chi connectivity index (χ4v) is 5.17. The van der Waals surface area contributed by atoms with Gasteiger partial charge in [0.05, 0.1) is 25.8 Å². The normalized spacial score (nSPS) is 15.1. The summed E-state index contributed by atoms with van der Waals surface area (Å²) in [7, 11) is 0. The van der Waals surface area contributed by atoms with Gasteiger partial charge in [-0.25, -0.2) is 0 Å². The predicted molar refractivity (Wildman–Crippen MR) is 141 cm³/mol. The first-order chi connectivity index (χ1) is 17.6. The highest BCUT2D eigenvalue weighted by atomic mass is 32.1. The molecule has 0 bridgehead atoms. The van der Waals surface area contributed by atoms with Gasteiger partial charge in [-0.2, -0.15) is 0 Å². The van der Waals surface area contributed by atoms with Gasteiger partial charge < -0.3 is 19.3 Å². The first-order valence-electron chi connectivity index (χ1n) is 12.4. The second-order valence-electron chi connectivity index (χ2n) is 9.15. The van der Waals surface area contributed by atoms with Crippen molar-refractivity contribution in [2.75, 3.05) is 26.3 Å². The maximum atomic E-state index is 13.6. The Balaban J connectivity index is 1.44. The van der Waals surface area contributed by atoms with E-state index in [2.05, 4.69) is 13.0 Å². The van der Waals surface area contributed by atoms with Crippen LogP contribution in [0.25, 0.3) is 0 Å². The van der Waals surface area contributed by atoms with Gasteiger partial charge in [0.25, 0.3) is 0 Å². The third-order valence-electron chi connectivity index (χ3n) is 6.34. The lowest BCUT2D eigenvalue weighted by atomic mass is 10.2. The van der Waals surface area contributed by atoms with Crippen molar-refractivity contribution in [3.63, 3.8) is 0 Å². The molecular weight excluding hydrogens is 472 g/mol. The van der Waals surface area contributed by atoms with E-state index >= 15 is 0 Å². The second kappa shape index (κ2) is 13.3. The number of rotatable bonds is 12. The Morgan fingerprint density at radius 1 is 0.944 bits per heavy atom. The van der Waals surface area contributed by atoms with Crippen molar-refractivity contribution >= 4 is 23.2 Å². The molecule has 4 rings (SSSR count). The number of thiophene rings is 1. The van der Waals surface area contributed by atoms with Gasteiger partial charge in [-0.15, -0.1) is 11.3 Å². The third kappa shape index (κ3) is 7.75. The van der Waals surface area contributed by atoms with Crippen LogP contribution in [-0.4, -0.2) is 54.0 Å². The molecule has 1 aliphatic heterocycles. The minimum Gasteiger partial charge on any atom is -0.376 e. The summed E-state index contributed by atoms with van der Waals surface area (Å²) in [6.07, 6.45) is 1.83. The molecule has 190 valence electrons. The quantitative estimate of drug-likeness (QED) is 0.354. The van der Waals surface area contributed by atoms with Crippen LogP contribution in [-0.2, 0) is 38.8 Å². The van der Waals surface area contributed by atoms with Gasteiger partial charge in [-0.05, 0) is 47.9 Å². The summed E-state index contributed by atoms with van der Waals surface area (Å²) in [5.74, 6) is -0.275. The lowest BCUT2D eigenvalue weighted by molar-refractivity contribution is -0.145. The summed E-state index contributed by atoms with van der Waals surface area (Å²) in [4.78, 5) is 31.4. The molecule has 0 radical (unpaired) electrons. The average molecular weight is 507 g/mol. The van der Waals surface area contributed by atoms with Crippen LogP contribution in [0, 0.1) is 6.92 Å². The number of carbonyl (C=O) groups is 2. The highest BCUT2D eigenvalue weighted by Gasteiger charge is 2.27. The zero-order valence-electron chi connectivity index (χ0n) is 20.8. The second-order valence-corrected chi connectivity index (χ2v) is 10.2. The summed E-state index contributed by atoms with van der Waals surface area (Å²) < 4.78 is 11.5. The molecule has 7 heteroatoms. The highest BCUT2D eigenvalue weighted by molar-refractivity contribution is 7.10. The highest BCUT2D eigenvalue weighted by Crippen LogP contribution is 2.20. The molecule has 1 aliphatic rings. The summed E-state index contributed by atoms with van der Waals surface area (Å²) in [6, 6.07) is 21.8. The molecule has 0 N–H and O–H groups in total. The maximum Gasteiger partial charge on any atom is 0.249 e. The molecule has 1 fully saturated rings. The number of aryl methyl sites for hydroxylation is 1. The Morgan fingerprint density at radius 3 is 2.31 bits per heavy atom. The Hall–Kier alpha value is -3.00. The van der Waals surface area contributed by atoms with E-state index in [0.717, 1.165) is 28.8 Å². The number of benzene rings is 2. The summed E-state index contributed by atoms with van der Waals surface area (Å²) >= 11 is 1.65. The van der Waals surface area contributed by atoms with Crippen LogP contribution in [0.4, 0.5) is 0 Å². The van der Waals surface area contributed by atoms with Crippen LogP contribution in [0.2, 0.25) is 0 Å². The van der Waals surface area contributed by atoms with E-state index in [4.69, 9.17) is 9.47 Å². The van der Waals surface area contributed by atoms with Gasteiger partial charge in [0.2, 0.25) is 11.8 Å². The van der Waals surface area contributed by atoms with Gasteiger partial charge in [0, 0.05) is 24.6 Å². The Bertz CT molecular complexity index is 1100. The first kappa shape index (κ1) is 26.1. The van der Waals surface area contributed by atoms with Crippen molar-refractivity contribution in [2.24, 2.45) is 0 Å². The molecule has 36 heavy (non-hydrogen) atoms. The first-order valence-corrected chi connectivity index (χ1v) is 13.3. The van der Waals surface area contributed by atoms with Gasteiger partial charge >= 0.3 is 0 Å². The van der Waals surface area contributed by atoms with Gasteiger partial charge in [0.1, 0.15) is 6.61 Å².